The zero-order valence-corrected chi connectivity index (χ0v) is 17.8. The standard InChI is InChI=1S/C23H27ClO4/c1-6-27-20-14-17(13-19(24)22(20)26-5)9-12-21(25)28-15-16-7-10-18(11-8-16)23(2,3)4/h7-14H,6,15H2,1-5H3/b12-9+. The van der Waals surface area contributed by atoms with Crippen molar-refractivity contribution in [1.82, 2.24) is 0 Å². The van der Waals surface area contributed by atoms with Gasteiger partial charge in [0.2, 0.25) is 0 Å². The minimum atomic E-state index is -0.426. The molecule has 150 valence electrons. The van der Waals surface area contributed by atoms with Crippen LogP contribution in [-0.4, -0.2) is 19.7 Å². The van der Waals surface area contributed by atoms with Crippen molar-refractivity contribution in [2.45, 2.75) is 39.7 Å². The second-order valence-corrected chi connectivity index (χ2v) is 7.76. The highest BCUT2D eigenvalue weighted by Gasteiger charge is 2.13. The Balaban J connectivity index is 2.00. The van der Waals surface area contributed by atoms with Gasteiger partial charge in [-0.05, 0) is 47.2 Å². The van der Waals surface area contributed by atoms with Gasteiger partial charge in [-0.15, -0.1) is 0 Å². The molecule has 0 amide bonds. The number of hydrogen-bond donors (Lipinski definition) is 0. The maximum absolute atomic E-state index is 12.0. The Hall–Kier alpha value is -2.46. The molecule has 2 aromatic rings. The summed E-state index contributed by atoms with van der Waals surface area (Å²) in [6.07, 6.45) is 3.01. The Morgan fingerprint density at radius 1 is 1.14 bits per heavy atom. The Kier molecular flexibility index (Phi) is 7.53. The highest BCUT2D eigenvalue weighted by atomic mass is 35.5. The van der Waals surface area contributed by atoms with Crippen LogP contribution in [0.25, 0.3) is 6.08 Å². The third kappa shape index (κ3) is 6.03. The fourth-order valence-electron chi connectivity index (χ4n) is 2.61. The molecule has 5 heteroatoms. The summed E-state index contributed by atoms with van der Waals surface area (Å²) in [5, 5.41) is 0.417. The zero-order valence-electron chi connectivity index (χ0n) is 17.0. The molecule has 0 saturated carbocycles. The molecule has 0 unspecified atom stereocenters. The molecule has 0 bridgehead atoms. The summed E-state index contributed by atoms with van der Waals surface area (Å²) in [6.45, 7) is 9.07. The van der Waals surface area contributed by atoms with E-state index >= 15 is 0 Å². The smallest absolute Gasteiger partial charge is 0.331 e. The predicted molar refractivity (Wildman–Crippen MR) is 113 cm³/mol. The van der Waals surface area contributed by atoms with E-state index in [0.717, 1.165) is 11.1 Å². The molecule has 0 aliphatic rings. The average molecular weight is 403 g/mol. The van der Waals surface area contributed by atoms with Crippen molar-refractivity contribution in [2.75, 3.05) is 13.7 Å². The van der Waals surface area contributed by atoms with Crippen molar-refractivity contribution >= 4 is 23.6 Å². The van der Waals surface area contributed by atoms with Gasteiger partial charge in [-0.3, -0.25) is 0 Å². The predicted octanol–water partition coefficient (Wildman–Crippen LogP) is 5.80. The van der Waals surface area contributed by atoms with E-state index in [4.69, 9.17) is 25.8 Å². The van der Waals surface area contributed by atoms with Crippen LogP contribution in [0, 0.1) is 0 Å². The van der Waals surface area contributed by atoms with Gasteiger partial charge in [0.15, 0.2) is 11.5 Å². The van der Waals surface area contributed by atoms with Crippen LogP contribution in [0.4, 0.5) is 0 Å². The topological polar surface area (TPSA) is 44.8 Å². The summed E-state index contributed by atoms with van der Waals surface area (Å²) in [4.78, 5) is 12.0. The van der Waals surface area contributed by atoms with Gasteiger partial charge in [-0.1, -0.05) is 56.6 Å². The van der Waals surface area contributed by atoms with Crippen LogP contribution in [-0.2, 0) is 21.6 Å². The van der Waals surface area contributed by atoms with Gasteiger partial charge >= 0.3 is 5.97 Å². The molecule has 0 N–H and O–H groups in total. The first-order chi connectivity index (χ1) is 13.2. The fourth-order valence-corrected chi connectivity index (χ4v) is 2.91. The summed E-state index contributed by atoms with van der Waals surface area (Å²) >= 11 is 6.22. The van der Waals surface area contributed by atoms with E-state index in [0.29, 0.717) is 23.1 Å². The van der Waals surface area contributed by atoms with Crippen molar-refractivity contribution in [3.05, 3.63) is 64.2 Å². The first-order valence-corrected chi connectivity index (χ1v) is 9.57. The number of carbonyl (C=O) groups is 1. The molecular weight excluding hydrogens is 376 g/mol. The average Bonchev–Trinajstić information content (AvgIpc) is 2.64. The largest absolute Gasteiger partial charge is 0.491 e. The Morgan fingerprint density at radius 2 is 1.82 bits per heavy atom. The lowest BCUT2D eigenvalue weighted by Gasteiger charge is -2.19. The molecule has 4 nitrogen and oxygen atoms in total. The maximum atomic E-state index is 12.0. The highest BCUT2D eigenvalue weighted by Crippen LogP contribution is 2.36. The molecule has 0 heterocycles. The molecule has 0 fully saturated rings. The minimum Gasteiger partial charge on any atom is -0.491 e. The number of halogens is 1. The van der Waals surface area contributed by atoms with Crippen molar-refractivity contribution in [2.24, 2.45) is 0 Å². The van der Waals surface area contributed by atoms with Crippen molar-refractivity contribution in [3.63, 3.8) is 0 Å². The van der Waals surface area contributed by atoms with Gasteiger partial charge in [-0.2, -0.15) is 0 Å². The quantitative estimate of drug-likeness (QED) is 0.433. The van der Waals surface area contributed by atoms with Crippen molar-refractivity contribution in [3.8, 4) is 11.5 Å². The number of rotatable bonds is 7. The number of methoxy groups -OCH3 is 1. The third-order valence-corrected chi connectivity index (χ3v) is 4.43. The maximum Gasteiger partial charge on any atom is 0.331 e. The van der Waals surface area contributed by atoms with E-state index in [1.54, 1.807) is 18.2 Å². The lowest BCUT2D eigenvalue weighted by Crippen LogP contribution is -2.10. The Bertz CT molecular complexity index is 833. The van der Waals surface area contributed by atoms with E-state index in [9.17, 15) is 4.79 Å². The monoisotopic (exact) mass is 402 g/mol. The second-order valence-electron chi connectivity index (χ2n) is 7.36. The van der Waals surface area contributed by atoms with Crippen LogP contribution in [0.5, 0.6) is 11.5 Å². The SMILES string of the molecule is CCOc1cc(/C=C/C(=O)OCc2ccc(C(C)(C)C)cc2)cc(Cl)c1OC. The van der Waals surface area contributed by atoms with Gasteiger partial charge in [0.05, 0.1) is 18.7 Å². The van der Waals surface area contributed by atoms with Gasteiger partial charge < -0.3 is 14.2 Å². The normalized spacial score (nSPS) is 11.5. The molecule has 0 atom stereocenters. The summed E-state index contributed by atoms with van der Waals surface area (Å²) in [7, 11) is 1.53. The van der Waals surface area contributed by atoms with Crippen molar-refractivity contribution in [1.29, 1.82) is 0 Å². The summed E-state index contributed by atoms with van der Waals surface area (Å²) < 4.78 is 16.1. The number of esters is 1. The summed E-state index contributed by atoms with van der Waals surface area (Å²) in [5.74, 6) is 0.580. The molecular formula is C23H27ClO4. The van der Waals surface area contributed by atoms with Crippen LogP contribution >= 0.6 is 11.6 Å². The molecule has 0 aromatic heterocycles. The van der Waals surface area contributed by atoms with Crippen LogP contribution in [0.15, 0.2) is 42.5 Å². The molecule has 0 radical (unpaired) electrons. The van der Waals surface area contributed by atoms with E-state index < -0.39 is 5.97 Å². The lowest BCUT2D eigenvalue weighted by molar-refractivity contribution is -0.138. The first-order valence-electron chi connectivity index (χ1n) is 9.19. The van der Waals surface area contributed by atoms with E-state index in [1.165, 1.54) is 18.7 Å². The molecule has 0 aliphatic heterocycles. The van der Waals surface area contributed by atoms with Gasteiger partial charge in [-0.25, -0.2) is 4.79 Å². The third-order valence-electron chi connectivity index (χ3n) is 4.15. The first kappa shape index (κ1) is 21.8. The Labute approximate surface area is 172 Å². The molecule has 0 spiro atoms. The second kappa shape index (κ2) is 9.65. The van der Waals surface area contributed by atoms with Crippen molar-refractivity contribution < 1.29 is 19.0 Å². The van der Waals surface area contributed by atoms with Crippen LogP contribution in [0.2, 0.25) is 5.02 Å². The van der Waals surface area contributed by atoms with Gasteiger partial charge in [0, 0.05) is 6.08 Å². The molecule has 28 heavy (non-hydrogen) atoms. The van der Waals surface area contributed by atoms with Crippen LogP contribution < -0.4 is 9.47 Å². The molecule has 2 aromatic carbocycles. The van der Waals surface area contributed by atoms with Gasteiger partial charge in [0.25, 0.3) is 0 Å². The number of hydrogen-bond acceptors (Lipinski definition) is 4. The Morgan fingerprint density at radius 3 is 2.39 bits per heavy atom. The molecule has 2 rings (SSSR count). The number of carbonyl (C=O) groups excluding carboxylic acids is 1. The fraction of sp³-hybridized carbons (Fsp3) is 0.348. The summed E-state index contributed by atoms with van der Waals surface area (Å²) in [6, 6.07) is 11.6. The van der Waals surface area contributed by atoms with E-state index in [-0.39, 0.29) is 12.0 Å². The number of ether oxygens (including phenoxy) is 3. The minimum absolute atomic E-state index is 0.0952. The van der Waals surface area contributed by atoms with Crippen LogP contribution in [0.3, 0.4) is 0 Å². The molecule has 0 saturated heterocycles. The van der Waals surface area contributed by atoms with E-state index in [2.05, 4.69) is 32.9 Å². The van der Waals surface area contributed by atoms with Gasteiger partial charge in [0.1, 0.15) is 6.61 Å². The van der Waals surface area contributed by atoms with Crippen LogP contribution in [0.1, 0.15) is 44.4 Å². The summed E-state index contributed by atoms with van der Waals surface area (Å²) in [5.41, 5.74) is 3.00. The lowest BCUT2D eigenvalue weighted by atomic mass is 9.87. The molecule has 0 aliphatic carbocycles. The highest BCUT2D eigenvalue weighted by molar-refractivity contribution is 6.32. The van der Waals surface area contributed by atoms with E-state index in [1.807, 2.05) is 19.1 Å². The number of benzene rings is 2. The zero-order chi connectivity index (χ0) is 20.7.